The molecule has 0 atom stereocenters. The number of allylic oxidation sites excluding steroid dienone is 1. The number of aromatic nitrogens is 1. The fourth-order valence-corrected chi connectivity index (χ4v) is 5.36. The standard InChI is InChI=1S/C38H42Cl2N8O6/c1-22-10-11-24(35(50)43-14-15-49)17-30(22)47-23(2)16-31(34(40)36(47)51)54-21-26-9-7-6-8-25(26)20-44-37(52)48(42)33(19-32(41)38(3,4)5)45-27-12-13-28(39)29(18-27)46-53/h6-13,16-19,49H,14-15,20-21,41-42H2,1-5H3,(H,43,50)(H,44,52). The van der Waals surface area contributed by atoms with Gasteiger partial charge < -0.3 is 26.2 Å². The highest BCUT2D eigenvalue weighted by atomic mass is 35.5. The number of carbonyl (C=O) groups is 2. The Morgan fingerprint density at radius 2 is 1.72 bits per heavy atom. The minimum Gasteiger partial charge on any atom is -0.487 e. The van der Waals surface area contributed by atoms with E-state index in [2.05, 4.69) is 20.8 Å². The minimum atomic E-state index is -0.711. The highest BCUT2D eigenvalue weighted by Crippen LogP contribution is 2.30. The number of ether oxygens (including phenoxy) is 1. The predicted octanol–water partition coefficient (Wildman–Crippen LogP) is 6.46. The Balaban J connectivity index is 1.54. The van der Waals surface area contributed by atoms with E-state index < -0.39 is 22.9 Å². The molecule has 0 saturated heterocycles. The van der Waals surface area contributed by atoms with Crippen molar-refractivity contribution in [3.05, 3.63) is 132 Å². The van der Waals surface area contributed by atoms with Crippen LogP contribution >= 0.6 is 23.2 Å². The van der Waals surface area contributed by atoms with Gasteiger partial charge in [-0.25, -0.2) is 20.6 Å². The molecule has 0 aliphatic carbocycles. The molecule has 14 nitrogen and oxygen atoms in total. The number of pyridine rings is 1. The van der Waals surface area contributed by atoms with E-state index in [-0.39, 0.29) is 59.3 Å². The van der Waals surface area contributed by atoms with Crippen LogP contribution in [0.15, 0.2) is 93.5 Å². The molecule has 7 N–H and O–H groups in total. The number of hydrogen-bond donors (Lipinski definition) is 5. The molecule has 16 heteroatoms. The van der Waals surface area contributed by atoms with E-state index in [1.54, 1.807) is 55.5 Å². The highest BCUT2D eigenvalue weighted by molar-refractivity contribution is 6.33. The van der Waals surface area contributed by atoms with Gasteiger partial charge in [-0.3, -0.25) is 14.2 Å². The summed E-state index contributed by atoms with van der Waals surface area (Å²) in [4.78, 5) is 55.2. The molecule has 0 radical (unpaired) electrons. The molecule has 0 spiro atoms. The van der Waals surface area contributed by atoms with E-state index in [1.165, 1.54) is 28.8 Å². The summed E-state index contributed by atoms with van der Waals surface area (Å²) in [7, 11) is 0. The van der Waals surface area contributed by atoms with E-state index in [1.807, 2.05) is 27.7 Å². The number of nitrogens with zero attached hydrogens (tertiary/aromatic N) is 4. The van der Waals surface area contributed by atoms with E-state index in [0.717, 1.165) is 10.6 Å². The number of halogens is 2. The van der Waals surface area contributed by atoms with Crippen LogP contribution in [0, 0.1) is 24.2 Å². The normalized spacial score (nSPS) is 11.9. The molecule has 0 fully saturated rings. The summed E-state index contributed by atoms with van der Waals surface area (Å²) in [5, 5.41) is 18.1. The van der Waals surface area contributed by atoms with Crippen molar-refractivity contribution in [2.24, 2.45) is 27.2 Å². The number of nitrogens with one attached hydrogen (secondary N) is 2. The number of carbonyl (C=O) groups excluding carboxylic acids is 2. The summed E-state index contributed by atoms with van der Waals surface area (Å²) in [6.45, 7) is 9.11. The summed E-state index contributed by atoms with van der Waals surface area (Å²) < 4.78 is 7.46. The summed E-state index contributed by atoms with van der Waals surface area (Å²) >= 11 is 12.6. The van der Waals surface area contributed by atoms with Crippen LogP contribution in [0.4, 0.5) is 16.2 Å². The van der Waals surface area contributed by atoms with E-state index in [4.69, 9.17) is 44.6 Å². The average Bonchev–Trinajstić information content (AvgIpc) is 3.14. The number of amides is 3. The van der Waals surface area contributed by atoms with Crippen LogP contribution in [0.1, 0.15) is 53.5 Å². The Hall–Kier alpha value is -5.54. The van der Waals surface area contributed by atoms with Gasteiger partial charge in [0.05, 0.1) is 23.0 Å². The molecular formula is C38H42Cl2N8O6. The van der Waals surface area contributed by atoms with Gasteiger partial charge in [0.1, 0.15) is 23.1 Å². The fourth-order valence-electron chi connectivity index (χ4n) is 5.02. The smallest absolute Gasteiger partial charge is 0.337 e. The zero-order valence-corrected chi connectivity index (χ0v) is 32.0. The summed E-state index contributed by atoms with van der Waals surface area (Å²) in [5.41, 5.74) is 9.31. The molecular weight excluding hydrogens is 735 g/mol. The van der Waals surface area contributed by atoms with Crippen LogP contribution in [0.3, 0.4) is 0 Å². The largest absolute Gasteiger partial charge is 0.487 e. The van der Waals surface area contributed by atoms with Gasteiger partial charge in [0, 0.05) is 47.6 Å². The Morgan fingerprint density at radius 3 is 2.39 bits per heavy atom. The maximum absolute atomic E-state index is 13.6. The molecule has 0 aliphatic heterocycles. The first-order chi connectivity index (χ1) is 25.5. The number of aliphatic imine (C=N–C) groups is 1. The number of hydrogen-bond acceptors (Lipinski definition) is 10. The molecule has 4 rings (SSSR count). The topological polar surface area (TPSA) is 207 Å². The van der Waals surface area contributed by atoms with Crippen LogP contribution in [0.2, 0.25) is 10.0 Å². The number of hydrazine groups is 1. The maximum atomic E-state index is 13.6. The third-order valence-electron chi connectivity index (χ3n) is 8.23. The van der Waals surface area contributed by atoms with Crippen molar-refractivity contribution in [2.45, 2.75) is 47.8 Å². The number of aryl methyl sites for hydroxylation is 2. The zero-order chi connectivity index (χ0) is 39.7. The summed E-state index contributed by atoms with van der Waals surface area (Å²) in [5.74, 6) is 6.01. The maximum Gasteiger partial charge on any atom is 0.337 e. The molecule has 0 bridgehead atoms. The lowest BCUT2D eigenvalue weighted by atomic mass is 9.92. The molecule has 3 amide bonds. The first kappa shape index (κ1) is 41.2. The molecule has 0 unspecified atom stereocenters. The summed E-state index contributed by atoms with van der Waals surface area (Å²) in [6.07, 6.45) is 1.47. The van der Waals surface area contributed by atoms with Gasteiger partial charge in [-0.05, 0) is 66.0 Å². The number of aliphatic hydroxyl groups is 1. The molecule has 4 aromatic rings. The van der Waals surface area contributed by atoms with E-state index >= 15 is 0 Å². The molecule has 1 aromatic heterocycles. The number of urea groups is 1. The molecule has 1 heterocycles. The number of aliphatic hydroxyl groups excluding tert-OH is 1. The lowest BCUT2D eigenvalue weighted by Gasteiger charge is -2.22. The monoisotopic (exact) mass is 776 g/mol. The van der Waals surface area contributed by atoms with Crippen molar-refractivity contribution in [1.29, 1.82) is 0 Å². The number of nitrogens with two attached hydrogens (primary N) is 2. The van der Waals surface area contributed by atoms with Crippen molar-refractivity contribution in [2.75, 3.05) is 13.2 Å². The number of nitroso groups, excluding NO2 is 1. The van der Waals surface area contributed by atoms with Gasteiger partial charge in [-0.1, -0.05) is 74.3 Å². The Bertz CT molecular complexity index is 2180. The van der Waals surface area contributed by atoms with Crippen molar-refractivity contribution < 1.29 is 19.4 Å². The van der Waals surface area contributed by atoms with Crippen LogP contribution in [-0.2, 0) is 13.2 Å². The number of amidine groups is 1. The number of rotatable bonds is 12. The average molecular weight is 778 g/mol. The van der Waals surface area contributed by atoms with Crippen LogP contribution in [0.5, 0.6) is 5.75 Å². The second-order valence-electron chi connectivity index (χ2n) is 13.2. The first-order valence-corrected chi connectivity index (χ1v) is 17.4. The van der Waals surface area contributed by atoms with Gasteiger partial charge in [0.15, 0.2) is 5.84 Å². The third-order valence-corrected chi connectivity index (χ3v) is 8.90. The lowest BCUT2D eigenvalue weighted by molar-refractivity contribution is 0.0944. The molecule has 0 saturated carbocycles. The Kier molecular flexibility index (Phi) is 13.7. The van der Waals surface area contributed by atoms with Gasteiger partial charge in [0.25, 0.3) is 11.5 Å². The highest BCUT2D eigenvalue weighted by Gasteiger charge is 2.21. The van der Waals surface area contributed by atoms with Crippen LogP contribution < -0.4 is 32.5 Å². The number of benzene rings is 3. The van der Waals surface area contributed by atoms with Gasteiger partial charge in [-0.15, -0.1) is 4.91 Å². The van der Waals surface area contributed by atoms with Gasteiger partial charge in [-0.2, -0.15) is 0 Å². The Labute approximate surface area is 322 Å². The van der Waals surface area contributed by atoms with Crippen LogP contribution in [-0.4, -0.2) is 45.6 Å². The Morgan fingerprint density at radius 1 is 1.02 bits per heavy atom. The predicted molar refractivity (Wildman–Crippen MR) is 211 cm³/mol. The summed E-state index contributed by atoms with van der Waals surface area (Å²) in [6, 6.07) is 17.4. The second kappa shape index (κ2) is 18.0. The van der Waals surface area contributed by atoms with Crippen molar-refractivity contribution in [3.8, 4) is 11.4 Å². The van der Waals surface area contributed by atoms with Crippen molar-refractivity contribution >= 4 is 52.4 Å². The van der Waals surface area contributed by atoms with Gasteiger partial charge in [0.2, 0.25) is 0 Å². The second-order valence-corrected chi connectivity index (χ2v) is 14.0. The zero-order valence-electron chi connectivity index (χ0n) is 30.4. The fraction of sp³-hybridized carbons (Fsp3) is 0.263. The van der Waals surface area contributed by atoms with E-state index in [9.17, 15) is 19.3 Å². The quantitative estimate of drug-likeness (QED) is 0.0269. The molecule has 54 heavy (non-hydrogen) atoms. The lowest BCUT2D eigenvalue weighted by Crippen LogP contribution is -2.48. The molecule has 284 valence electrons. The third kappa shape index (κ3) is 10.1. The van der Waals surface area contributed by atoms with Crippen molar-refractivity contribution in [3.63, 3.8) is 0 Å². The van der Waals surface area contributed by atoms with Crippen molar-refractivity contribution in [1.82, 2.24) is 20.2 Å². The van der Waals surface area contributed by atoms with Gasteiger partial charge >= 0.3 is 6.03 Å². The molecule has 3 aromatic carbocycles. The first-order valence-electron chi connectivity index (χ1n) is 16.7. The van der Waals surface area contributed by atoms with E-state index in [0.29, 0.717) is 33.8 Å². The SMILES string of the molecule is Cc1ccc(C(=O)NCCO)cc1-n1c(C)cc(OCc2ccccc2CNC(=O)N(N)C(C=C(N)C(C)(C)C)=Nc2ccc(Cl)c(N=O)c2)c(Cl)c1=O. The van der Waals surface area contributed by atoms with Crippen LogP contribution in [0.25, 0.3) is 5.69 Å². The molecule has 0 aliphatic rings. The minimum absolute atomic E-state index is 0.00175.